The van der Waals surface area contributed by atoms with Crippen LogP contribution in [-0.2, 0) is 4.74 Å². The summed E-state index contributed by atoms with van der Waals surface area (Å²) in [7, 11) is 0. The maximum Gasteiger partial charge on any atom is 0.261 e. The van der Waals surface area contributed by atoms with Gasteiger partial charge in [0, 0.05) is 11.6 Å². The van der Waals surface area contributed by atoms with E-state index in [1.807, 2.05) is 22.0 Å². The molecule has 7 heteroatoms. The first kappa shape index (κ1) is 10.5. The SMILES string of the molecule is O=C(NC1COC1)c1cc2c(nc3sccn32)s1. The Balaban J connectivity index is 1.71. The largest absolute Gasteiger partial charge is 0.377 e. The molecule has 1 aliphatic heterocycles. The normalized spacial score (nSPS) is 16.2. The van der Waals surface area contributed by atoms with Crippen LogP contribution in [0.4, 0.5) is 0 Å². The van der Waals surface area contributed by atoms with Gasteiger partial charge in [-0.1, -0.05) is 0 Å². The Morgan fingerprint density at radius 3 is 3.22 bits per heavy atom. The van der Waals surface area contributed by atoms with E-state index in [1.165, 1.54) is 11.3 Å². The van der Waals surface area contributed by atoms with Crippen LogP contribution in [0, 0.1) is 0 Å². The molecule has 1 fully saturated rings. The molecule has 0 aromatic carbocycles. The van der Waals surface area contributed by atoms with Crippen molar-refractivity contribution in [1.29, 1.82) is 0 Å². The van der Waals surface area contributed by atoms with Gasteiger partial charge in [0.1, 0.15) is 4.83 Å². The molecule has 1 saturated heterocycles. The molecule has 1 aliphatic rings. The minimum absolute atomic E-state index is 0.0321. The van der Waals surface area contributed by atoms with E-state index in [-0.39, 0.29) is 11.9 Å². The molecule has 0 unspecified atom stereocenters. The topological polar surface area (TPSA) is 55.6 Å². The van der Waals surface area contributed by atoms with Gasteiger partial charge in [-0.25, -0.2) is 4.98 Å². The van der Waals surface area contributed by atoms with Crippen LogP contribution in [0.25, 0.3) is 15.3 Å². The number of carbonyl (C=O) groups excluding carboxylic acids is 1. The Morgan fingerprint density at radius 2 is 2.44 bits per heavy atom. The fourth-order valence-corrected chi connectivity index (χ4v) is 3.64. The molecule has 0 spiro atoms. The van der Waals surface area contributed by atoms with Gasteiger partial charge in [0.25, 0.3) is 5.91 Å². The van der Waals surface area contributed by atoms with Gasteiger partial charge in [-0.15, -0.1) is 22.7 Å². The van der Waals surface area contributed by atoms with Crippen molar-refractivity contribution < 1.29 is 9.53 Å². The van der Waals surface area contributed by atoms with Crippen molar-refractivity contribution in [3.8, 4) is 0 Å². The number of rotatable bonds is 2. The quantitative estimate of drug-likeness (QED) is 0.777. The highest BCUT2D eigenvalue weighted by molar-refractivity contribution is 7.21. The molecule has 1 N–H and O–H groups in total. The maximum absolute atomic E-state index is 12.0. The number of amides is 1. The number of thiazole rings is 1. The summed E-state index contributed by atoms with van der Waals surface area (Å²) in [6.07, 6.45) is 1.98. The van der Waals surface area contributed by atoms with E-state index in [0.29, 0.717) is 18.1 Å². The van der Waals surface area contributed by atoms with Crippen LogP contribution in [0.1, 0.15) is 9.67 Å². The van der Waals surface area contributed by atoms with Gasteiger partial charge in [-0.05, 0) is 6.07 Å². The Bertz CT molecular complexity index is 738. The first-order valence-electron chi connectivity index (χ1n) is 5.55. The molecule has 4 heterocycles. The lowest BCUT2D eigenvalue weighted by Crippen LogP contribution is -2.48. The van der Waals surface area contributed by atoms with Crippen LogP contribution in [-0.4, -0.2) is 34.5 Å². The summed E-state index contributed by atoms with van der Waals surface area (Å²) in [6, 6.07) is 2.07. The van der Waals surface area contributed by atoms with Crippen molar-refractivity contribution in [3.05, 3.63) is 22.5 Å². The highest BCUT2D eigenvalue weighted by Gasteiger charge is 2.22. The molecule has 4 rings (SSSR count). The van der Waals surface area contributed by atoms with E-state index in [1.54, 1.807) is 11.3 Å². The monoisotopic (exact) mass is 279 g/mol. The average molecular weight is 279 g/mol. The van der Waals surface area contributed by atoms with E-state index < -0.39 is 0 Å². The minimum Gasteiger partial charge on any atom is -0.377 e. The summed E-state index contributed by atoms with van der Waals surface area (Å²) in [5, 5.41) is 4.93. The summed E-state index contributed by atoms with van der Waals surface area (Å²) >= 11 is 3.03. The number of carbonyl (C=O) groups is 1. The summed E-state index contributed by atoms with van der Waals surface area (Å²) in [4.78, 5) is 19.1. The fourth-order valence-electron chi connectivity index (χ4n) is 1.94. The van der Waals surface area contributed by atoms with E-state index >= 15 is 0 Å². The predicted molar refractivity (Wildman–Crippen MR) is 70.5 cm³/mol. The van der Waals surface area contributed by atoms with Crippen molar-refractivity contribution in [2.45, 2.75) is 6.04 Å². The Hall–Kier alpha value is -1.44. The molecule has 18 heavy (non-hydrogen) atoms. The van der Waals surface area contributed by atoms with Crippen LogP contribution in [0.15, 0.2) is 17.6 Å². The lowest BCUT2D eigenvalue weighted by molar-refractivity contribution is -0.00338. The summed E-state index contributed by atoms with van der Waals surface area (Å²) in [6.45, 7) is 1.23. The third kappa shape index (κ3) is 1.48. The zero-order valence-corrected chi connectivity index (χ0v) is 10.9. The lowest BCUT2D eigenvalue weighted by atomic mass is 10.2. The molecule has 92 valence electrons. The Labute approximate surface area is 110 Å². The molecular formula is C11H9N3O2S2. The molecule has 0 aliphatic carbocycles. The third-order valence-electron chi connectivity index (χ3n) is 2.94. The van der Waals surface area contributed by atoms with Gasteiger partial charge >= 0.3 is 0 Å². The van der Waals surface area contributed by atoms with Crippen molar-refractivity contribution in [3.63, 3.8) is 0 Å². The molecule has 0 saturated carbocycles. The number of thiophene rings is 1. The van der Waals surface area contributed by atoms with Gasteiger partial charge in [-0.3, -0.25) is 9.20 Å². The van der Waals surface area contributed by atoms with Crippen LogP contribution in [0.5, 0.6) is 0 Å². The molecule has 1 amide bonds. The first-order chi connectivity index (χ1) is 8.81. The van der Waals surface area contributed by atoms with Crippen LogP contribution < -0.4 is 5.32 Å². The smallest absolute Gasteiger partial charge is 0.261 e. The Kier molecular flexibility index (Phi) is 2.20. The van der Waals surface area contributed by atoms with Crippen molar-refractivity contribution in [2.75, 3.05) is 13.2 Å². The number of aromatic nitrogens is 2. The van der Waals surface area contributed by atoms with Crippen LogP contribution in [0.3, 0.4) is 0 Å². The number of nitrogens with one attached hydrogen (secondary N) is 1. The van der Waals surface area contributed by atoms with Crippen molar-refractivity contribution >= 4 is 43.9 Å². The molecule has 0 radical (unpaired) electrons. The number of imidazole rings is 1. The fraction of sp³-hybridized carbons (Fsp3) is 0.273. The van der Waals surface area contributed by atoms with Crippen molar-refractivity contribution in [1.82, 2.24) is 14.7 Å². The first-order valence-corrected chi connectivity index (χ1v) is 7.24. The van der Waals surface area contributed by atoms with E-state index in [4.69, 9.17) is 4.74 Å². The summed E-state index contributed by atoms with van der Waals surface area (Å²) in [5.74, 6) is -0.0321. The molecule has 3 aromatic heterocycles. The van der Waals surface area contributed by atoms with Gasteiger partial charge in [0.2, 0.25) is 0 Å². The highest BCUT2D eigenvalue weighted by atomic mass is 32.1. The highest BCUT2D eigenvalue weighted by Crippen LogP contribution is 2.28. The molecule has 0 atom stereocenters. The van der Waals surface area contributed by atoms with Crippen LogP contribution in [0.2, 0.25) is 0 Å². The van der Waals surface area contributed by atoms with E-state index in [2.05, 4.69) is 10.3 Å². The standard InChI is InChI=1S/C11H9N3O2S2/c15-9(12-6-4-16-5-6)8-3-7-10(18-8)13-11-14(7)1-2-17-11/h1-3,6H,4-5H2,(H,12,15). The number of hydrogen-bond donors (Lipinski definition) is 1. The molecule has 3 aromatic rings. The van der Waals surface area contributed by atoms with E-state index in [9.17, 15) is 4.79 Å². The van der Waals surface area contributed by atoms with Gasteiger partial charge < -0.3 is 10.1 Å². The molecule has 0 bridgehead atoms. The minimum atomic E-state index is -0.0321. The number of nitrogens with zero attached hydrogens (tertiary/aromatic N) is 2. The molecular weight excluding hydrogens is 270 g/mol. The second-order valence-electron chi connectivity index (χ2n) is 4.18. The maximum atomic E-state index is 12.0. The number of hydrogen-bond acceptors (Lipinski definition) is 5. The second-order valence-corrected chi connectivity index (χ2v) is 6.08. The Morgan fingerprint density at radius 1 is 1.56 bits per heavy atom. The predicted octanol–water partition coefficient (Wildman–Crippen LogP) is 1.74. The van der Waals surface area contributed by atoms with Gasteiger partial charge in [0.15, 0.2) is 4.96 Å². The van der Waals surface area contributed by atoms with Crippen molar-refractivity contribution in [2.24, 2.45) is 0 Å². The zero-order chi connectivity index (χ0) is 12.1. The third-order valence-corrected chi connectivity index (χ3v) is 4.71. The van der Waals surface area contributed by atoms with Crippen LogP contribution >= 0.6 is 22.7 Å². The molecule has 5 nitrogen and oxygen atoms in total. The average Bonchev–Trinajstić information content (AvgIpc) is 2.92. The zero-order valence-electron chi connectivity index (χ0n) is 9.25. The van der Waals surface area contributed by atoms with E-state index in [0.717, 1.165) is 15.3 Å². The summed E-state index contributed by atoms with van der Waals surface area (Å²) in [5.41, 5.74) is 1.01. The van der Waals surface area contributed by atoms with Gasteiger partial charge in [0.05, 0.1) is 29.6 Å². The lowest BCUT2D eigenvalue weighted by Gasteiger charge is -2.26. The van der Waals surface area contributed by atoms with Gasteiger partial charge in [-0.2, -0.15) is 0 Å². The second kappa shape index (κ2) is 3.78. The number of ether oxygens (including phenoxy) is 1. The summed E-state index contributed by atoms with van der Waals surface area (Å²) < 4.78 is 7.05. The number of fused-ring (bicyclic) bond motifs is 3.